The van der Waals surface area contributed by atoms with Gasteiger partial charge in [-0.3, -0.25) is 0 Å². The Morgan fingerprint density at radius 2 is 1.93 bits per heavy atom. The van der Waals surface area contributed by atoms with E-state index in [1.165, 1.54) is 0 Å². The summed E-state index contributed by atoms with van der Waals surface area (Å²) in [5.74, 6) is 1.25. The second-order valence-electron chi connectivity index (χ2n) is 10.8. The lowest BCUT2D eigenvalue weighted by Gasteiger charge is -2.49. The number of carbonyl (C=O) groups is 1. The smallest absolute Gasteiger partial charge is 0.408 e. The van der Waals surface area contributed by atoms with Crippen molar-refractivity contribution in [1.82, 2.24) is 30.8 Å². The first-order chi connectivity index (χ1) is 14.0. The Kier molecular flexibility index (Phi) is 6.43. The molecule has 9 nitrogen and oxygen atoms in total. The number of tetrazole rings is 1. The number of aliphatic hydroxyl groups excluding tert-OH is 1. The van der Waals surface area contributed by atoms with Crippen LogP contribution in [0.5, 0.6) is 0 Å². The number of hydrogen-bond acceptors (Lipinski definition) is 7. The summed E-state index contributed by atoms with van der Waals surface area (Å²) in [6.07, 6.45) is 5.20. The number of hydrogen-bond donors (Lipinski definition) is 3. The van der Waals surface area contributed by atoms with E-state index >= 15 is 0 Å². The molecule has 0 saturated heterocycles. The maximum absolute atomic E-state index is 12.7. The van der Waals surface area contributed by atoms with E-state index in [2.05, 4.69) is 46.9 Å². The zero-order valence-corrected chi connectivity index (χ0v) is 19.2. The molecule has 1 heterocycles. The molecule has 2 atom stereocenters. The molecule has 0 aliphatic heterocycles. The highest BCUT2D eigenvalue weighted by molar-refractivity contribution is 5.69. The molecule has 1 aromatic heterocycles. The van der Waals surface area contributed by atoms with Gasteiger partial charge in [-0.25, -0.2) is 9.48 Å². The second-order valence-corrected chi connectivity index (χ2v) is 10.8. The van der Waals surface area contributed by atoms with Crippen molar-refractivity contribution in [2.45, 2.75) is 109 Å². The molecule has 0 radical (unpaired) electrons. The van der Waals surface area contributed by atoms with E-state index in [4.69, 9.17) is 4.74 Å². The van der Waals surface area contributed by atoms with Crippen molar-refractivity contribution in [3.05, 3.63) is 5.82 Å². The number of nitrogens with zero attached hydrogens (tertiary/aromatic N) is 4. The molecule has 30 heavy (non-hydrogen) atoms. The highest BCUT2D eigenvalue weighted by Gasteiger charge is 2.51. The number of nitrogens with one attached hydrogen (secondary N) is 2. The number of ether oxygens (including phenoxy) is 1. The maximum Gasteiger partial charge on any atom is 0.408 e. The Balaban J connectivity index is 1.93. The van der Waals surface area contributed by atoms with Crippen LogP contribution in [0.1, 0.15) is 91.9 Å². The highest BCUT2D eigenvalue weighted by Crippen LogP contribution is 2.44. The van der Waals surface area contributed by atoms with Gasteiger partial charge in [-0.1, -0.05) is 0 Å². The lowest BCUT2D eigenvalue weighted by Crippen LogP contribution is -2.63. The van der Waals surface area contributed by atoms with Crippen LogP contribution in [0.25, 0.3) is 0 Å². The van der Waals surface area contributed by atoms with Gasteiger partial charge >= 0.3 is 6.09 Å². The molecule has 0 bridgehead atoms. The van der Waals surface area contributed by atoms with Crippen molar-refractivity contribution in [1.29, 1.82) is 0 Å². The summed E-state index contributed by atoms with van der Waals surface area (Å²) in [5.41, 5.74) is -1.40. The van der Waals surface area contributed by atoms with Gasteiger partial charge in [0.1, 0.15) is 5.60 Å². The van der Waals surface area contributed by atoms with Crippen LogP contribution in [0.4, 0.5) is 4.79 Å². The molecular formula is C21H38N6O3. The van der Waals surface area contributed by atoms with Gasteiger partial charge < -0.3 is 20.5 Å². The minimum absolute atomic E-state index is 0.123. The lowest BCUT2D eigenvalue weighted by atomic mass is 9.70. The molecule has 2 aliphatic rings. The summed E-state index contributed by atoms with van der Waals surface area (Å²) < 4.78 is 7.41. The van der Waals surface area contributed by atoms with Gasteiger partial charge in [0.15, 0.2) is 5.82 Å². The van der Waals surface area contributed by atoms with E-state index in [0.717, 1.165) is 32.1 Å². The molecule has 2 saturated carbocycles. The molecule has 1 aromatic rings. The number of amides is 1. The fourth-order valence-electron chi connectivity index (χ4n) is 4.19. The quantitative estimate of drug-likeness (QED) is 0.590. The van der Waals surface area contributed by atoms with E-state index in [0.29, 0.717) is 18.2 Å². The molecule has 2 unspecified atom stereocenters. The first kappa shape index (κ1) is 22.9. The average Bonchev–Trinajstić information content (AvgIpc) is 3.29. The van der Waals surface area contributed by atoms with Crippen molar-refractivity contribution < 1.29 is 14.6 Å². The summed E-state index contributed by atoms with van der Waals surface area (Å²) in [4.78, 5) is 12.7. The standard InChI is InChI=1S/C21H38N6O3/c1-19(2,3)27-17(24-25-26-27)16(22-15(10-13-28)14-8-9-14)21(11-7-12-21)23-18(29)30-20(4,5)6/h14-16,22,28H,7-13H2,1-6H3,(H,23,29). The number of aliphatic hydroxyl groups is 1. The van der Waals surface area contributed by atoms with E-state index in [1.54, 1.807) is 0 Å². The summed E-state index contributed by atoms with van der Waals surface area (Å²) in [7, 11) is 0. The summed E-state index contributed by atoms with van der Waals surface area (Å²) in [6.45, 7) is 11.9. The fraction of sp³-hybridized carbons (Fsp3) is 0.905. The third-order valence-corrected chi connectivity index (χ3v) is 5.95. The minimum atomic E-state index is -0.571. The van der Waals surface area contributed by atoms with Crippen LogP contribution < -0.4 is 10.6 Å². The summed E-state index contributed by atoms with van der Waals surface area (Å²) in [5, 5.41) is 29.1. The normalized spacial score (nSPS) is 20.9. The number of rotatable bonds is 8. The third kappa shape index (κ3) is 5.29. The zero-order chi connectivity index (χ0) is 22.2. The van der Waals surface area contributed by atoms with E-state index < -0.39 is 17.2 Å². The van der Waals surface area contributed by atoms with Gasteiger partial charge in [0, 0.05) is 12.6 Å². The molecule has 170 valence electrons. The van der Waals surface area contributed by atoms with Crippen molar-refractivity contribution >= 4 is 6.09 Å². The number of alkyl carbamates (subject to hydrolysis) is 1. The Morgan fingerprint density at radius 1 is 1.27 bits per heavy atom. The molecule has 0 spiro atoms. The predicted octanol–water partition coefficient (Wildman–Crippen LogP) is 2.67. The topological polar surface area (TPSA) is 114 Å². The van der Waals surface area contributed by atoms with Crippen molar-refractivity contribution in [2.75, 3.05) is 6.61 Å². The minimum Gasteiger partial charge on any atom is -0.444 e. The predicted molar refractivity (Wildman–Crippen MR) is 113 cm³/mol. The molecule has 0 aromatic carbocycles. The number of carbonyl (C=O) groups excluding carboxylic acids is 1. The van der Waals surface area contributed by atoms with Gasteiger partial charge in [-0.15, -0.1) is 5.10 Å². The Labute approximate surface area is 179 Å². The van der Waals surface area contributed by atoms with Crippen LogP contribution in [-0.4, -0.2) is 55.2 Å². The Bertz CT molecular complexity index is 728. The molecule has 3 N–H and O–H groups in total. The molecule has 2 aliphatic carbocycles. The first-order valence-electron chi connectivity index (χ1n) is 11.1. The van der Waals surface area contributed by atoms with Crippen LogP contribution in [0.2, 0.25) is 0 Å². The van der Waals surface area contributed by atoms with Gasteiger partial charge in [-0.2, -0.15) is 0 Å². The largest absolute Gasteiger partial charge is 0.444 e. The summed E-state index contributed by atoms with van der Waals surface area (Å²) in [6, 6.07) is -0.117. The van der Waals surface area contributed by atoms with Crippen LogP contribution in [-0.2, 0) is 10.3 Å². The SMILES string of the molecule is CC(C)(C)OC(=O)NC1(C(NC(CCO)C2CC2)c2nnnn2C(C)(C)C)CCC1. The van der Waals surface area contributed by atoms with Crippen LogP contribution in [0.15, 0.2) is 0 Å². The van der Waals surface area contributed by atoms with Gasteiger partial charge in [0.05, 0.1) is 17.1 Å². The Hall–Kier alpha value is -1.74. The van der Waals surface area contributed by atoms with E-state index in [9.17, 15) is 9.90 Å². The first-order valence-corrected chi connectivity index (χ1v) is 11.1. The molecule has 1 amide bonds. The lowest BCUT2D eigenvalue weighted by molar-refractivity contribution is 0.0280. The van der Waals surface area contributed by atoms with E-state index in [1.807, 2.05) is 25.5 Å². The maximum atomic E-state index is 12.7. The van der Waals surface area contributed by atoms with Crippen LogP contribution in [0.3, 0.4) is 0 Å². The highest BCUT2D eigenvalue weighted by atomic mass is 16.6. The van der Waals surface area contributed by atoms with Gasteiger partial charge in [0.25, 0.3) is 0 Å². The molecule has 2 fully saturated rings. The number of aromatic nitrogens is 4. The fourth-order valence-corrected chi connectivity index (χ4v) is 4.19. The van der Waals surface area contributed by atoms with Crippen molar-refractivity contribution in [3.8, 4) is 0 Å². The van der Waals surface area contributed by atoms with Crippen LogP contribution >= 0.6 is 0 Å². The zero-order valence-electron chi connectivity index (χ0n) is 19.2. The molecular weight excluding hydrogens is 384 g/mol. The second kappa shape index (κ2) is 8.42. The van der Waals surface area contributed by atoms with Crippen molar-refractivity contribution in [3.63, 3.8) is 0 Å². The van der Waals surface area contributed by atoms with Crippen LogP contribution in [0, 0.1) is 5.92 Å². The molecule has 3 rings (SSSR count). The third-order valence-electron chi connectivity index (χ3n) is 5.95. The monoisotopic (exact) mass is 422 g/mol. The van der Waals surface area contributed by atoms with E-state index in [-0.39, 0.29) is 24.2 Å². The Morgan fingerprint density at radius 3 is 2.40 bits per heavy atom. The average molecular weight is 423 g/mol. The van der Waals surface area contributed by atoms with Gasteiger partial charge in [-0.05, 0) is 96.4 Å². The molecule has 9 heteroatoms. The van der Waals surface area contributed by atoms with Crippen molar-refractivity contribution in [2.24, 2.45) is 5.92 Å². The summed E-state index contributed by atoms with van der Waals surface area (Å²) >= 11 is 0. The van der Waals surface area contributed by atoms with Gasteiger partial charge in [0.2, 0.25) is 0 Å².